The molecule has 1 aromatic carbocycles. The molecular formula is C18H20N2O3. The second-order valence-electron chi connectivity index (χ2n) is 6.53. The van der Waals surface area contributed by atoms with Crippen LogP contribution in [0.1, 0.15) is 36.0 Å². The number of para-hydroxylation sites is 1. The average molecular weight is 312 g/mol. The zero-order valence-electron chi connectivity index (χ0n) is 12.9. The Balaban J connectivity index is 1.56. The Labute approximate surface area is 134 Å². The predicted octanol–water partition coefficient (Wildman–Crippen LogP) is 2.22. The Morgan fingerprint density at radius 1 is 1.22 bits per heavy atom. The van der Waals surface area contributed by atoms with Crippen LogP contribution >= 0.6 is 0 Å². The maximum absolute atomic E-state index is 12.7. The fourth-order valence-corrected chi connectivity index (χ4v) is 3.41. The van der Waals surface area contributed by atoms with Crippen LogP contribution < -0.4 is 10.9 Å². The van der Waals surface area contributed by atoms with Crippen molar-refractivity contribution in [3.63, 3.8) is 0 Å². The summed E-state index contributed by atoms with van der Waals surface area (Å²) in [6, 6.07) is 8.89. The van der Waals surface area contributed by atoms with Crippen molar-refractivity contribution in [1.82, 2.24) is 10.3 Å². The van der Waals surface area contributed by atoms with Crippen LogP contribution in [0.5, 0.6) is 0 Å². The number of fused-ring (bicyclic) bond motifs is 1. The number of hydrogen-bond donors (Lipinski definition) is 2. The normalized spacial score (nSPS) is 24.5. The van der Waals surface area contributed by atoms with E-state index >= 15 is 0 Å². The van der Waals surface area contributed by atoms with Crippen LogP contribution in [0.15, 0.2) is 35.1 Å². The van der Waals surface area contributed by atoms with Crippen molar-refractivity contribution in [3.05, 3.63) is 46.2 Å². The molecule has 120 valence electrons. The van der Waals surface area contributed by atoms with Gasteiger partial charge in [-0.25, -0.2) is 0 Å². The van der Waals surface area contributed by atoms with E-state index in [0.29, 0.717) is 23.6 Å². The highest BCUT2D eigenvalue weighted by Crippen LogP contribution is 2.38. The molecular weight excluding hydrogens is 292 g/mol. The molecule has 5 nitrogen and oxygen atoms in total. The third kappa shape index (κ3) is 3.01. The maximum atomic E-state index is 12.7. The van der Waals surface area contributed by atoms with E-state index in [1.165, 1.54) is 18.9 Å². The fourth-order valence-electron chi connectivity index (χ4n) is 3.41. The van der Waals surface area contributed by atoms with Gasteiger partial charge >= 0.3 is 0 Å². The first-order valence-corrected chi connectivity index (χ1v) is 8.25. The van der Waals surface area contributed by atoms with Crippen molar-refractivity contribution in [3.8, 4) is 0 Å². The van der Waals surface area contributed by atoms with Crippen molar-refractivity contribution < 1.29 is 9.53 Å². The standard InChI is InChI=1S/C18H20N2O3/c21-17-10-14(13-3-1-2-4-15(13)20-17)18(22)19-12-7-8-23-16(9-12)11-5-6-11/h1-4,10-12,16H,5-9H2,(H,19,22)(H,20,21)/t12-,16+/m1/s1. The van der Waals surface area contributed by atoms with Gasteiger partial charge in [0.1, 0.15) is 0 Å². The summed E-state index contributed by atoms with van der Waals surface area (Å²) in [5, 5.41) is 3.87. The van der Waals surface area contributed by atoms with E-state index < -0.39 is 0 Å². The quantitative estimate of drug-likeness (QED) is 0.913. The minimum Gasteiger partial charge on any atom is -0.378 e. The molecule has 4 rings (SSSR count). The van der Waals surface area contributed by atoms with Crippen LogP contribution in [-0.4, -0.2) is 29.6 Å². The number of nitrogens with one attached hydrogen (secondary N) is 2. The molecule has 1 amide bonds. The van der Waals surface area contributed by atoms with E-state index in [-0.39, 0.29) is 23.6 Å². The number of aromatic amines is 1. The summed E-state index contributed by atoms with van der Waals surface area (Å²) in [6.45, 7) is 0.697. The third-order valence-corrected chi connectivity index (χ3v) is 4.79. The Morgan fingerprint density at radius 2 is 2.04 bits per heavy atom. The Kier molecular flexibility index (Phi) is 3.65. The minimum absolute atomic E-state index is 0.125. The maximum Gasteiger partial charge on any atom is 0.252 e. The minimum atomic E-state index is -0.253. The van der Waals surface area contributed by atoms with Crippen LogP contribution in [0.2, 0.25) is 0 Å². The molecule has 2 aliphatic rings. The smallest absolute Gasteiger partial charge is 0.252 e. The number of benzene rings is 1. The number of aromatic nitrogens is 1. The van der Waals surface area contributed by atoms with Crippen LogP contribution in [0.4, 0.5) is 0 Å². The van der Waals surface area contributed by atoms with E-state index in [0.717, 1.165) is 18.2 Å². The Morgan fingerprint density at radius 3 is 2.87 bits per heavy atom. The van der Waals surface area contributed by atoms with Crippen molar-refractivity contribution >= 4 is 16.8 Å². The molecule has 1 saturated heterocycles. The molecule has 23 heavy (non-hydrogen) atoms. The molecule has 0 radical (unpaired) electrons. The van der Waals surface area contributed by atoms with E-state index in [4.69, 9.17) is 4.74 Å². The number of carbonyl (C=O) groups is 1. The van der Waals surface area contributed by atoms with E-state index in [2.05, 4.69) is 10.3 Å². The van der Waals surface area contributed by atoms with Gasteiger partial charge in [0.2, 0.25) is 5.56 Å². The molecule has 1 aliphatic carbocycles. The molecule has 2 aromatic rings. The largest absolute Gasteiger partial charge is 0.378 e. The summed E-state index contributed by atoms with van der Waals surface area (Å²) in [6.07, 6.45) is 4.46. The summed E-state index contributed by atoms with van der Waals surface area (Å²) in [5.74, 6) is 0.504. The third-order valence-electron chi connectivity index (χ3n) is 4.79. The van der Waals surface area contributed by atoms with E-state index in [1.54, 1.807) is 0 Å². The van der Waals surface area contributed by atoms with Gasteiger partial charge in [0.05, 0.1) is 11.7 Å². The van der Waals surface area contributed by atoms with Gasteiger partial charge in [-0.15, -0.1) is 0 Å². The average Bonchev–Trinajstić information content (AvgIpc) is 3.39. The lowest BCUT2D eigenvalue weighted by Crippen LogP contribution is -2.42. The van der Waals surface area contributed by atoms with Gasteiger partial charge in [-0.1, -0.05) is 18.2 Å². The molecule has 1 aromatic heterocycles. The number of rotatable bonds is 3. The van der Waals surface area contributed by atoms with E-state index in [1.807, 2.05) is 24.3 Å². The first kappa shape index (κ1) is 14.5. The topological polar surface area (TPSA) is 71.2 Å². The molecule has 0 unspecified atom stereocenters. The molecule has 1 aliphatic heterocycles. The summed E-state index contributed by atoms with van der Waals surface area (Å²) in [7, 11) is 0. The summed E-state index contributed by atoms with van der Waals surface area (Å²) < 4.78 is 5.80. The number of ether oxygens (including phenoxy) is 1. The SMILES string of the molecule is O=C(N[C@@H]1CCO[C@H](C2CC2)C1)c1cc(=O)[nH]c2ccccc12. The molecule has 0 bridgehead atoms. The van der Waals surface area contributed by atoms with Crippen LogP contribution in [0.25, 0.3) is 10.9 Å². The van der Waals surface area contributed by atoms with Crippen molar-refractivity contribution in [2.75, 3.05) is 6.61 Å². The first-order chi connectivity index (χ1) is 11.2. The summed E-state index contributed by atoms with van der Waals surface area (Å²) in [5.41, 5.74) is 0.878. The van der Waals surface area contributed by atoms with Gasteiger partial charge in [-0.3, -0.25) is 9.59 Å². The summed E-state index contributed by atoms with van der Waals surface area (Å²) in [4.78, 5) is 27.2. The Hall–Kier alpha value is -2.14. The molecule has 1 saturated carbocycles. The molecule has 2 fully saturated rings. The van der Waals surface area contributed by atoms with Crippen LogP contribution in [0.3, 0.4) is 0 Å². The molecule has 2 heterocycles. The van der Waals surface area contributed by atoms with E-state index in [9.17, 15) is 9.59 Å². The lowest BCUT2D eigenvalue weighted by molar-refractivity contribution is -0.0102. The highest BCUT2D eigenvalue weighted by Gasteiger charge is 2.36. The highest BCUT2D eigenvalue weighted by atomic mass is 16.5. The van der Waals surface area contributed by atoms with Crippen molar-refractivity contribution in [2.45, 2.75) is 37.8 Å². The lowest BCUT2D eigenvalue weighted by atomic mass is 9.99. The highest BCUT2D eigenvalue weighted by molar-refractivity contribution is 6.06. The molecule has 0 spiro atoms. The second kappa shape index (κ2) is 5.81. The first-order valence-electron chi connectivity index (χ1n) is 8.25. The summed E-state index contributed by atoms with van der Waals surface area (Å²) >= 11 is 0. The van der Waals surface area contributed by atoms with Gasteiger partial charge < -0.3 is 15.0 Å². The van der Waals surface area contributed by atoms with Gasteiger partial charge in [-0.05, 0) is 37.7 Å². The number of pyridine rings is 1. The van der Waals surface area contributed by atoms with Gasteiger partial charge in [0, 0.05) is 29.6 Å². The fraction of sp³-hybridized carbons (Fsp3) is 0.444. The predicted molar refractivity (Wildman–Crippen MR) is 87.5 cm³/mol. The lowest BCUT2D eigenvalue weighted by Gasteiger charge is -2.30. The van der Waals surface area contributed by atoms with Crippen molar-refractivity contribution in [1.29, 1.82) is 0 Å². The van der Waals surface area contributed by atoms with Gasteiger partial charge in [0.15, 0.2) is 0 Å². The van der Waals surface area contributed by atoms with Crippen molar-refractivity contribution in [2.24, 2.45) is 5.92 Å². The zero-order valence-corrected chi connectivity index (χ0v) is 12.9. The zero-order chi connectivity index (χ0) is 15.8. The van der Waals surface area contributed by atoms with Gasteiger partial charge in [-0.2, -0.15) is 0 Å². The number of amides is 1. The second-order valence-corrected chi connectivity index (χ2v) is 6.53. The Bertz CT molecular complexity index is 794. The molecule has 2 N–H and O–H groups in total. The number of carbonyl (C=O) groups excluding carboxylic acids is 1. The molecule has 2 atom stereocenters. The van der Waals surface area contributed by atoms with Gasteiger partial charge in [0.25, 0.3) is 5.91 Å². The molecule has 5 heteroatoms. The van der Waals surface area contributed by atoms with Crippen LogP contribution in [0, 0.1) is 5.92 Å². The number of H-pyrrole nitrogens is 1. The number of hydrogen-bond acceptors (Lipinski definition) is 3. The monoisotopic (exact) mass is 312 g/mol. The van der Waals surface area contributed by atoms with Crippen LogP contribution in [-0.2, 0) is 4.74 Å².